The fraction of sp³-hybridized carbons (Fsp3) is 0.600. The lowest BCUT2D eigenvalue weighted by Gasteiger charge is -2.25. The SMILES string of the molecule is COc1cc(NC(C)(C)CCCl)ncn1. The van der Waals surface area contributed by atoms with E-state index in [4.69, 9.17) is 16.3 Å². The highest BCUT2D eigenvalue weighted by molar-refractivity contribution is 6.17. The summed E-state index contributed by atoms with van der Waals surface area (Å²) in [4.78, 5) is 8.04. The van der Waals surface area contributed by atoms with Crippen LogP contribution in [-0.4, -0.2) is 28.5 Å². The summed E-state index contributed by atoms with van der Waals surface area (Å²) in [6.07, 6.45) is 2.33. The molecule has 0 aromatic carbocycles. The van der Waals surface area contributed by atoms with Crippen LogP contribution < -0.4 is 10.1 Å². The molecule has 0 bridgehead atoms. The summed E-state index contributed by atoms with van der Waals surface area (Å²) in [7, 11) is 1.58. The summed E-state index contributed by atoms with van der Waals surface area (Å²) in [5.74, 6) is 1.91. The van der Waals surface area contributed by atoms with Gasteiger partial charge in [0, 0.05) is 17.5 Å². The third-order valence-corrected chi connectivity index (χ3v) is 2.23. The number of hydrogen-bond acceptors (Lipinski definition) is 4. The van der Waals surface area contributed by atoms with Crippen LogP contribution >= 0.6 is 11.6 Å². The molecule has 0 radical (unpaired) electrons. The van der Waals surface area contributed by atoms with E-state index in [9.17, 15) is 0 Å². The van der Waals surface area contributed by atoms with Crippen molar-refractivity contribution in [1.82, 2.24) is 9.97 Å². The van der Waals surface area contributed by atoms with E-state index in [1.54, 1.807) is 13.2 Å². The third-order valence-electron chi connectivity index (χ3n) is 2.04. The Morgan fingerprint density at radius 2 is 2.20 bits per heavy atom. The Bertz CT molecular complexity index is 317. The Hall–Kier alpha value is -1.03. The van der Waals surface area contributed by atoms with Crippen LogP contribution in [0.15, 0.2) is 12.4 Å². The van der Waals surface area contributed by atoms with Crippen molar-refractivity contribution in [2.45, 2.75) is 25.8 Å². The van der Waals surface area contributed by atoms with Crippen LogP contribution in [0.2, 0.25) is 0 Å². The van der Waals surface area contributed by atoms with Gasteiger partial charge in [0.25, 0.3) is 0 Å². The van der Waals surface area contributed by atoms with Crippen molar-refractivity contribution in [2.24, 2.45) is 0 Å². The standard InChI is InChI=1S/C10H16ClN3O/c1-10(2,4-5-11)14-8-6-9(15-3)13-7-12-8/h6-7H,4-5H2,1-3H3,(H,12,13,14). The lowest BCUT2D eigenvalue weighted by atomic mass is 10.0. The van der Waals surface area contributed by atoms with Gasteiger partial charge in [-0.25, -0.2) is 9.97 Å². The Balaban J connectivity index is 2.71. The molecule has 4 nitrogen and oxygen atoms in total. The highest BCUT2D eigenvalue weighted by atomic mass is 35.5. The van der Waals surface area contributed by atoms with Gasteiger partial charge in [0.15, 0.2) is 0 Å². The first-order valence-electron chi connectivity index (χ1n) is 4.77. The van der Waals surface area contributed by atoms with Crippen molar-refractivity contribution in [1.29, 1.82) is 0 Å². The number of hydrogen-bond donors (Lipinski definition) is 1. The zero-order valence-electron chi connectivity index (χ0n) is 9.25. The fourth-order valence-electron chi connectivity index (χ4n) is 1.16. The molecule has 1 N–H and O–H groups in total. The van der Waals surface area contributed by atoms with Crippen LogP contribution in [-0.2, 0) is 0 Å². The summed E-state index contributed by atoms with van der Waals surface area (Å²) in [5, 5.41) is 3.28. The molecule has 1 heterocycles. The summed E-state index contributed by atoms with van der Waals surface area (Å²) >= 11 is 5.71. The van der Waals surface area contributed by atoms with Gasteiger partial charge in [0.05, 0.1) is 7.11 Å². The van der Waals surface area contributed by atoms with Crippen LogP contribution in [0.25, 0.3) is 0 Å². The number of alkyl halides is 1. The number of anilines is 1. The summed E-state index contributed by atoms with van der Waals surface area (Å²) < 4.78 is 5.01. The molecule has 0 aliphatic rings. The Kier molecular flexibility index (Phi) is 4.15. The molecule has 5 heteroatoms. The molecule has 0 unspecified atom stereocenters. The average Bonchev–Trinajstić information content (AvgIpc) is 2.17. The summed E-state index contributed by atoms with van der Waals surface area (Å²) in [5.41, 5.74) is -0.0822. The molecule has 84 valence electrons. The normalized spacial score (nSPS) is 11.2. The second-order valence-corrected chi connectivity index (χ2v) is 4.27. The van der Waals surface area contributed by atoms with Crippen molar-refractivity contribution < 1.29 is 4.74 Å². The molecule has 0 amide bonds. The molecule has 0 spiro atoms. The van der Waals surface area contributed by atoms with Gasteiger partial charge in [-0.2, -0.15) is 0 Å². The molecule has 1 rings (SSSR count). The molecule has 0 saturated carbocycles. The van der Waals surface area contributed by atoms with Gasteiger partial charge < -0.3 is 10.1 Å². The molecule has 0 saturated heterocycles. The quantitative estimate of drug-likeness (QED) is 0.788. The van der Waals surface area contributed by atoms with E-state index in [1.165, 1.54) is 6.33 Å². The zero-order chi connectivity index (χ0) is 11.3. The minimum absolute atomic E-state index is 0.0822. The number of ether oxygens (including phenoxy) is 1. The summed E-state index contributed by atoms with van der Waals surface area (Å²) in [6, 6.07) is 1.76. The van der Waals surface area contributed by atoms with Crippen LogP contribution in [0.3, 0.4) is 0 Å². The lowest BCUT2D eigenvalue weighted by Crippen LogP contribution is -2.31. The van der Waals surface area contributed by atoms with Gasteiger partial charge in [-0.05, 0) is 20.3 Å². The predicted octanol–water partition coefficient (Wildman–Crippen LogP) is 2.30. The number of rotatable bonds is 5. The Morgan fingerprint density at radius 1 is 1.47 bits per heavy atom. The average molecular weight is 230 g/mol. The number of nitrogens with one attached hydrogen (secondary N) is 1. The maximum Gasteiger partial charge on any atom is 0.218 e. The van der Waals surface area contributed by atoms with E-state index < -0.39 is 0 Å². The fourth-order valence-corrected chi connectivity index (χ4v) is 1.64. The largest absolute Gasteiger partial charge is 0.481 e. The molecule has 0 atom stereocenters. The van der Waals surface area contributed by atoms with Crippen molar-refractivity contribution in [2.75, 3.05) is 18.3 Å². The minimum Gasteiger partial charge on any atom is -0.481 e. The van der Waals surface area contributed by atoms with E-state index in [0.29, 0.717) is 11.8 Å². The second-order valence-electron chi connectivity index (χ2n) is 3.89. The Morgan fingerprint density at radius 3 is 2.80 bits per heavy atom. The molecule has 0 aliphatic carbocycles. The lowest BCUT2D eigenvalue weighted by molar-refractivity contribution is 0.397. The zero-order valence-corrected chi connectivity index (χ0v) is 10.0. The van der Waals surface area contributed by atoms with E-state index in [1.807, 2.05) is 0 Å². The first-order valence-corrected chi connectivity index (χ1v) is 5.31. The van der Waals surface area contributed by atoms with E-state index in [0.717, 1.165) is 12.2 Å². The minimum atomic E-state index is -0.0822. The number of aromatic nitrogens is 2. The molecule has 15 heavy (non-hydrogen) atoms. The van der Waals surface area contributed by atoms with E-state index in [2.05, 4.69) is 29.1 Å². The van der Waals surface area contributed by atoms with Gasteiger partial charge in [-0.1, -0.05) is 0 Å². The molecule has 1 aromatic heterocycles. The first-order chi connectivity index (χ1) is 7.07. The van der Waals surface area contributed by atoms with Gasteiger partial charge in [0.2, 0.25) is 5.88 Å². The maximum absolute atomic E-state index is 5.71. The monoisotopic (exact) mass is 229 g/mol. The van der Waals surface area contributed by atoms with Crippen molar-refractivity contribution >= 4 is 17.4 Å². The smallest absolute Gasteiger partial charge is 0.218 e. The van der Waals surface area contributed by atoms with E-state index in [-0.39, 0.29) is 5.54 Å². The van der Waals surface area contributed by atoms with Gasteiger partial charge >= 0.3 is 0 Å². The van der Waals surface area contributed by atoms with Crippen LogP contribution in [0.4, 0.5) is 5.82 Å². The third kappa shape index (κ3) is 3.91. The second kappa shape index (κ2) is 5.16. The van der Waals surface area contributed by atoms with Gasteiger partial charge in [-0.3, -0.25) is 0 Å². The van der Waals surface area contributed by atoms with Gasteiger partial charge in [0.1, 0.15) is 12.1 Å². The van der Waals surface area contributed by atoms with Crippen LogP contribution in [0, 0.1) is 0 Å². The molecule has 0 aliphatic heterocycles. The molecule has 1 aromatic rings. The highest BCUT2D eigenvalue weighted by Gasteiger charge is 2.17. The Labute approximate surface area is 95.0 Å². The number of methoxy groups -OCH3 is 1. The highest BCUT2D eigenvalue weighted by Crippen LogP contribution is 2.18. The van der Waals surface area contributed by atoms with Gasteiger partial charge in [-0.15, -0.1) is 11.6 Å². The molecular weight excluding hydrogens is 214 g/mol. The molecule has 0 fully saturated rings. The molecular formula is C10H16ClN3O. The predicted molar refractivity (Wildman–Crippen MR) is 61.6 cm³/mol. The van der Waals surface area contributed by atoms with Crippen molar-refractivity contribution in [3.05, 3.63) is 12.4 Å². The van der Waals surface area contributed by atoms with Crippen LogP contribution in [0.1, 0.15) is 20.3 Å². The summed E-state index contributed by atoms with van der Waals surface area (Å²) in [6.45, 7) is 4.15. The van der Waals surface area contributed by atoms with Crippen molar-refractivity contribution in [3.63, 3.8) is 0 Å². The van der Waals surface area contributed by atoms with E-state index >= 15 is 0 Å². The first kappa shape index (κ1) is 12.0. The van der Waals surface area contributed by atoms with Crippen LogP contribution in [0.5, 0.6) is 5.88 Å². The van der Waals surface area contributed by atoms with Crippen molar-refractivity contribution in [3.8, 4) is 5.88 Å². The number of halogens is 1. The number of nitrogens with zero attached hydrogens (tertiary/aromatic N) is 2. The maximum atomic E-state index is 5.71. The topological polar surface area (TPSA) is 47.0 Å².